The predicted octanol–water partition coefficient (Wildman–Crippen LogP) is 3.91. The summed E-state index contributed by atoms with van der Waals surface area (Å²) in [6, 6.07) is 15.4. The van der Waals surface area contributed by atoms with Gasteiger partial charge in [-0.2, -0.15) is 0 Å². The largest absolute Gasteiger partial charge is 0.493 e. The highest BCUT2D eigenvalue weighted by atomic mass is 16.5. The van der Waals surface area contributed by atoms with Crippen LogP contribution < -0.4 is 9.47 Å². The van der Waals surface area contributed by atoms with Gasteiger partial charge in [-0.1, -0.05) is 18.2 Å². The van der Waals surface area contributed by atoms with Crippen molar-refractivity contribution in [2.45, 2.75) is 25.4 Å². The molecule has 1 aromatic heterocycles. The minimum Gasteiger partial charge on any atom is -0.493 e. The number of hydrogen-bond acceptors (Lipinski definition) is 4. The maximum atomic E-state index is 5.55. The second-order valence-corrected chi connectivity index (χ2v) is 7.13. The number of benzene rings is 2. The van der Waals surface area contributed by atoms with E-state index in [2.05, 4.69) is 47.4 Å². The van der Waals surface area contributed by atoms with Crippen LogP contribution in [0, 0.1) is 0 Å². The van der Waals surface area contributed by atoms with E-state index in [0.29, 0.717) is 6.04 Å². The highest BCUT2D eigenvalue weighted by Crippen LogP contribution is 2.42. The van der Waals surface area contributed by atoms with Gasteiger partial charge in [0.1, 0.15) is 0 Å². The van der Waals surface area contributed by atoms with Crippen LogP contribution in [0.2, 0.25) is 0 Å². The summed E-state index contributed by atoms with van der Waals surface area (Å²) in [5.41, 5.74) is 6.40. The Bertz CT molecular complexity index is 999. The lowest BCUT2D eigenvalue weighted by Crippen LogP contribution is -2.39. The third-order valence-electron chi connectivity index (χ3n) is 5.77. The van der Waals surface area contributed by atoms with Gasteiger partial charge in [-0.3, -0.25) is 9.88 Å². The topological polar surface area (TPSA) is 34.6 Å². The van der Waals surface area contributed by atoms with Crippen LogP contribution in [-0.4, -0.2) is 30.6 Å². The van der Waals surface area contributed by atoms with Crippen LogP contribution >= 0.6 is 0 Å². The van der Waals surface area contributed by atoms with Crippen molar-refractivity contribution in [1.82, 2.24) is 9.88 Å². The van der Waals surface area contributed by atoms with E-state index < -0.39 is 0 Å². The molecule has 5 rings (SSSR count). The van der Waals surface area contributed by atoms with Crippen molar-refractivity contribution in [3.8, 4) is 11.5 Å². The van der Waals surface area contributed by atoms with E-state index in [4.69, 9.17) is 14.5 Å². The number of pyridine rings is 1. The molecule has 4 nitrogen and oxygen atoms in total. The first-order valence-electron chi connectivity index (χ1n) is 9.13. The first kappa shape index (κ1) is 15.6. The third kappa shape index (κ3) is 2.36. The Kier molecular flexibility index (Phi) is 3.61. The average Bonchev–Trinajstić information content (AvgIpc) is 2.69. The highest BCUT2D eigenvalue weighted by Gasteiger charge is 2.33. The minimum absolute atomic E-state index is 0.361. The van der Waals surface area contributed by atoms with E-state index in [9.17, 15) is 0 Å². The van der Waals surface area contributed by atoms with Gasteiger partial charge in [-0.25, -0.2) is 0 Å². The molecule has 0 radical (unpaired) electrons. The zero-order chi connectivity index (χ0) is 17.7. The molecule has 2 aliphatic heterocycles. The number of ether oxygens (including phenoxy) is 2. The molecule has 1 atom stereocenters. The molecule has 0 aliphatic carbocycles. The molecule has 132 valence electrons. The summed E-state index contributed by atoms with van der Waals surface area (Å²) in [7, 11) is 3.40. The molecule has 1 unspecified atom stereocenters. The lowest BCUT2D eigenvalue weighted by Gasteiger charge is -2.41. The Hall–Kier alpha value is -2.59. The zero-order valence-corrected chi connectivity index (χ0v) is 15.2. The van der Waals surface area contributed by atoms with E-state index in [1.807, 2.05) is 0 Å². The average molecular weight is 346 g/mol. The van der Waals surface area contributed by atoms with E-state index in [-0.39, 0.29) is 0 Å². The lowest BCUT2D eigenvalue weighted by atomic mass is 9.85. The second-order valence-electron chi connectivity index (χ2n) is 7.13. The van der Waals surface area contributed by atoms with Gasteiger partial charge < -0.3 is 9.47 Å². The number of nitrogens with zero attached hydrogens (tertiary/aromatic N) is 2. The van der Waals surface area contributed by atoms with E-state index in [1.165, 1.54) is 27.8 Å². The number of hydrogen-bond donors (Lipinski definition) is 0. The molecule has 4 heteroatoms. The van der Waals surface area contributed by atoms with Gasteiger partial charge in [-0.05, 0) is 47.4 Å². The zero-order valence-electron chi connectivity index (χ0n) is 15.2. The van der Waals surface area contributed by atoms with Gasteiger partial charge in [0.25, 0.3) is 0 Å². The summed E-state index contributed by atoms with van der Waals surface area (Å²) in [5.74, 6) is 1.63. The molecule has 0 spiro atoms. The monoisotopic (exact) mass is 346 g/mol. The van der Waals surface area contributed by atoms with Gasteiger partial charge in [0.2, 0.25) is 0 Å². The van der Waals surface area contributed by atoms with Crippen LogP contribution in [0.15, 0.2) is 42.5 Å². The smallest absolute Gasteiger partial charge is 0.161 e. The highest BCUT2D eigenvalue weighted by molar-refractivity contribution is 5.79. The summed E-state index contributed by atoms with van der Waals surface area (Å²) in [6.45, 7) is 2.03. The lowest BCUT2D eigenvalue weighted by molar-refractivity contribution is 0.158. The van der Waals surface area contributed by atoms with Crippen LogP contribution in [0.3, 0.4) is 0 Å². The van der Waals surface area contributed by atoms with Crippen molar-refractivity contribution in [2.24, 2.45) is 0 Å². The number of methoxy groups -OCH3 is 2. The van der Waals surface area contributed by atoms with Crippen molar-refractivity contribution >= 4 is 10.9 Å². The molecule has 0 N–H and O–H groups in total. The molecule has 0 bridgehead atoms. The van der Waals surface area contributed by atoms with Gasteiger partial charge in [-0.15, -0.1) is 0 Å². The van der Waals surface area contributed by atoms with Gasteiger partial charge >= 0.3 is 0 Å². The summed E-state index contributed by atoms with van der Waals surface area (Å²) < 4.78 is 11.0. The fraction of sp³-hybridized carbons (Fsp3) is 0.318. The van der Waals surface area contributed by atoms with Crippen molar-refractivity contribution in [3.63, 3.8) is 0 Å². The molecular formula is C22H22N2O2. The number of aromatic nitrogens is 1. The Morgan fingerprint density at radius 3 is 2.65 bits per heavy atom. The first-order chi connectivity index (χ1) is 12.8. The summed E-state index contributed by atoms with van der Waals surface area (Å²) in [4.78, 5) is 7.55. The fourth-order valence-electron chi connectivity index (χ4n) is 4.42. The van der Waals surface area contributed by atoms with E-state index in [0.717, 1.165) is 42.9 Å². The number of para-hydroxylation sites is 1. The maximum absolute atomic E-state index is 5.55. The molecule has 26 heavy (non-hydrogen) atoms. The summed E-state index contributed by atoms with van der Waals surface area (Å²) in [5, 5.41) is 1.23. The molecule has 0 fully saturated rings. The van der Waals surface area contributed by atoms with Crippen molar-refractivity contribution < 1.29 is 9.47 Å². The standard InChI is InChI=1S/C22H22N2O2/c1-25-21-10-14-7-8-24-13-16-9-15-5-3-4-6-18(15)23-19(16)12-20(24)17(14)11-22(21)26-2/h3-6,9-11,20H,7-8,12-13H2,1-2H3. The molecule has 2 aliphatic rings. The summed E-state index contributed by atoms with van der Waals surface area (Å²) in [6.07, 6.45) is 1.99. The molecule has 0 amide bonds. The van der Waals surface area contributed by atoms with Crippen molar-refractivity contribution in [2.75, 3.05) is 20.8 Å². The van der Waals surface area contributed by atoms with Gasteiger partial charge in [0.15, 0.2) is 11.5 Å². The molecule has 3 heterocycles. The molecule has 2 aromatic carbocycles. The van der Waals surface area contributed by atoms with Crippen LogP contribution in [0.5, 0.6) is 11.5 Å². The number of fused-ring (bicyclic) bond motifs is 5. The van der Waals surface area contributed by atoms with Gasteiger partial charge in [0.05, 0.1) is 19.7 Å². The van der Waals surface area contributed by atoms with Crippen molar-refractivity contribution in [3.05, 3.63) is 64.8 Å². The second kappa shape index (κ2) is 5.99. The molecular weight excluding hydrogens is 324 g/mol. The Morgan fingerprint density at radius 2 is 1.81 bits per heavy atom. The SMILES string of the molecule is COc1cc2c(cc1OC)C1Cc3nc4ccccc4cc3CN1CC2. The number of rotatable bonds is 2. The van der Waals surface area contributed by atoms with E-state index >= 15 is 0 Å². The Balaban J connectivity index is 1.59. The molecule has 0 saturated carbocycles. The van der Waals surface area contributed by atoms with Crippen molar-refractivity contribution in [1.29, 1.82) is 0 Å². The Labute approximate surface area is 153 Å². The van der Waals surface area contributed by atoms with Crippen LogP contribution in [0.4, 0.5) is 0 Å². The van der Waals surface area contributed by atoms with Gasteiger partial charge in [0, 0.05) is 36.6 Å². The van der Waals surface area contributed by atoms with Crippen LogP contribution in [0.1, 0.15) is 28.4 Å². The molecule has 3 aromatic rings. The third-order valence-corrected chi connectivity index (χ3v) is 5.77. The first-order valence-corrected chi connectivity index (χ1v) is 9.13. The predicted molar refractivity (Wildman–Crippen MR) is 102 cm³/mol. The van der Waals surface area contributed by atoms with Crippen LogP contribution in [0.25, 0.3) is 10.9 Å². The van der Waals surface area contributed by atoms with Crippen LogP contribution in [-0.2, 0) is 19.4 Å². The minimum atomic E-state index is 0.361. The maximum Gasteiger partial charge on any atom is 0.161 e. The fourth-order valence-corrected chi connectivity index (χ4v) is 4.42. The summed E-state index contributed by atoms with van der Waals surface area (Å²) >= 11 is 0. The van der Waals surface area contributed by atoms with E-state index in [1.54, 1.807) is 14.2 Å². The Morgan fingerprint density at radius 1 is 1.00 bits per heavy atom. The normalized spacial score (nSPS) is 18.8. The quantitative estimate of drug-likeness (QED) is 0.705. The molecule has 0 saturated heterocycles.